The van der Waals surface area contributed by atoms with Crippen LogP contribution in [-0.2, 0) is 13.5 Å². The van der Waals surface area contributed by atoms with Gasteiger partial charge >= 0.3 is 0 Å². The Morgan fingerprint density at radius 1 is 1.22 bits per heavy atom. The summed E-state index contributed by atoms with van der Waals surface area (Å²) in [5, 5.41) is 1.70. The fourth-order valence-electron chi connectivity index (χ4n) is 3.85. The number of aryl methyl sites for hydroxylation is 2. The Balaban J connectivity index is 2.01. The second-order valence-corrected chi connectivity index (χ2v) is 7.62. The predicted octanol–water partition coefficient (Wildman–Crippen LogP) is 5.00. The molecule has 0 amide bonds. The van der Waals surface area contributed by atoms with Gasteiger partial charge in [0.15, 0.2) is 0 Å². The van der Waals surface area contributed by atoms with E-state index in [-0.39, 0.29) is 11.7 Å². The van der Waals surface area contributed by atoms with E-state index in [1.54, 1.807) is 16.5 Å². The number of hydrogen-bond donors (Lipinski definition) is 1. The van der Waals surface area contributed by atoms with Crippen molar-refractivity contribution in [2.24, 2.45) is 7.05 Å². The van der Waals surface area contributed by atoms with Crippen LogP contribution >= 0.6 is 11.9 Å². The molecule has 0 aliphatic carbocycles. The topological polar surface area (TPSA) is 43.3 Å². The molecule has 3 aromatic rings. The maximum Gasteiger partial charge on any atom is 0.258 e. The number of rotatable bonds is 4. The lowest BCUT2D eigenvalue weighted by Gasteiger charge is -2.28. The van der Waals surface area contributed by atoms with Crippen molar-refractivity contribution in [1.29, 1.82) is 0 Å². The Morgan fingerprint density at radius 2 is 2.00 bits per heavy atom. The van der Waals surface area contributed by atoms with Crippen molar-refractivity contribution in [3.05, 3.63) is 58.5 Å². The minimum Gasteiger partial charge on any atom is -0.489 e. The molecule has 0 fully saturated rings. The fraction of sp³-hybridized carbons (Fsp3) is 0.318. The van der Waals surface area contributed by atoms with Crippen LogP contribution in [-0.4, -0.2) is 16.9 Å². The van der Waals surface area contributed by atoms with E-state index >= 15 is 0 Å². The quantitative estimate of drug-likeness (QED) is 0.647. The van der Waals surface area contributed by atoms with Gasteiger partial charge in [0.25, 0.3) is 5.56 Å². The van der Waals surface area contributed by atoms with Crippen LogP contribution in [0.1, 0.15) is 25.3 Å². The molecule has 2 aromatic carbocycles. The van der Waals surface area contributed by atoms with Gasteiger partial charge in [-0.3, -0.25) is 4.79 Å². The van der Waals surface area contributed by atoms with Gasteiger partial charge in [0.1, 0.15) is 5.75 Å². The number of pyridine rings is 1. The minimum absolute atomic E-state index is 0.0222. The first-order valence-electron chi connectivity index (χ1n) is 9.33. The standard InChI is InChI=1S/C22H24N2O2S/c1-4-16-10-9-14-11-15(23-27-3)12-19(21(14)26-16)20-13-24(2)22(25)18-8-6-5-7-17(18)20/h5-8,11-13,16,23H,4,9-10H2,1-3H3. The van der Waals surface area contributed by atoms with E-state index < -0.39 is 0 Å². The molecular weight excluding hydrogens is 356 g/mol. The summed E-state index contributed by atoms with van der Waals surface area (Å²) in [7, 11) is 1.81. The summed E-state index contributed by atoms with van der Waals surface area (Å²) in [5.41, 5.74) is 4.40. The molecule has 1 aliphatic heterocycles. The first kappa shape index (κ1) is 18.0. The largest absolute Gasteiger partial charge is 0.489 e. The Morgan fingerprint density at radius 3 is 2.74 bits per heavy atom. The van der Waals surface area contributed by atoms with Gasteiger partial charge in [0.05, 0.1) is 6.10 Å². The summed E-state index contributed by atoms with van der Waals surface area (Å²) < 4.78 is 11.4. The van der Waals surface area contributed by atoms with Gasteiger partial charge in [-0.05, 0) is 48.4 Å². The minimum atomic E-state index is 0.0222. The zero-order chi connectivity index (χ0) is 19.0. The molecule has 5 heteroatoms. The Kier molecular flexibility index (Phi) is 4.87. The van der Waals surface area contributed by atoms with Crippen LogP contribution in [0.15, 0.2) is 47.4 Å². The van der Waals surface area contributed by atoms with Crippen molar-refractivity contribution in [2.75, 3.05) is 11.0 Å². The lowest BCUT2D eigenvalue weighted by Crippen LogP contribution is -2.22. The van der Waals surface area contributed by atoms with E-state index in [9.17, 15) is 4.79 Å². The number of fused-ring (bicyclic) bond motifs is 2. The maximum absolute atomic E-state index is 12.6. The van der Waals surface area contributed by atoms with Crippen molar-refractivity contribution >= 4 is 28.4 Å². The van der Waals surface area contributed by atoms with Crippen LogP contribution in [0.4, 0.5) is 5.69 Å². The molecule has 0 bridgehead atoms. The highest BCUT2D eigenvalue weighted by Crippen LogP contribution is 2.42. The molecule has 4 nitrogen and oxygen atoms in total. The van der Waals surface area contributed by atoms with E-state index in [1.807, 2.05) is 43.8 Å². The zero-order valence-corrected chi connectivity index (χ0v) is 16.7. The molecular formula is C22H24N2O2S. The lowest BCUT2D eigenvalue weighted by molar-refractivity contribution is 0.170. The van der Waals surface area contributed by atoms with Crippen LogP contribution in [0.3, 0.4) is 0 Å². The predicted molar refractivity (Wildman–Crippen MR) is 115 cm³/mol. The van der Waals surface area contributed by atoms with E-state index in [0.717, 1.165) is 52.6 Å². The second kappa shape index (κ2) is 7.31. The first-order valence-corrected chi connectivity index (χ1v) is 10.6. The third-order valence-corrected chi connectivity index (χ3v) is 5.68. The second-order valence-electron chi connectivity index (χ2n) is 7.01. The van der Waals surface area contributed by atoms with E-state index in [4.69, 9.17) is 4.74 Å². The number of ether oxygens (including phenoxy) is 1. The van der Waals surface area contributed by atoms with Gasteiger partial charge < -0.3 is 14.0 Å². The van der Waals surface area contributed by atoms with E-state index in [2.05, 4.69) is 23.8 Å². The summed E-state index contributed by atoms with van der Waals surface area (Å²) in [6, 6.07) is 12.1. The fourth-order valence-corrected chi connectivity index (χ4v) is 4.20. The van der Waals surface area contributed by atoms with Crippen molar-refractivity contribution in [3.8, 4) is 16.9 Å². The van der Waals surface area contributed by atoms with Gasteiger partial charge in [0, 0.05) is 41.7 Å². The highest BCUT2D eigenvalue weighted by Gasteiger charge is 2.24. The van der Waals surface area contributed by atoms with Crippen LogP contribution in [0.5, 0.6) is 5.75 Å². The van der Waals surface area contributed by atoms with E-state index in [0.29, 0.717) is 0 Å². The number of benzene rings is 2. The molecule has 1 unspecified atom stereocenters. The molecule has 1 N–H and O–H groups in total. The van der Waals surface area contributed by atoms with Crippen LogP contribution in [0.25, 0.3) is 21.9 Å². The Hall–Kier alpha value is -2.40. The molecule has 0 radical (unpaired) electrons. The van der Waals surface area contributed by atoms with Crippen LogP contribution in [0.2, 0.25) is 0 Å². The molecule has 0 spiro atoms. The summed E-state index contributed by atoms with van der Waals surface area (Å²) in [5.74, 6) is 0.962. The number of nitrogens with one attached hydrogen (secondary N) is 1. The van der Waals surface area contributed by atoms with Crippen LogP contribution < -0.4 is 15.0 Å². The van der Waals surface area contributed by atoms with Gasteiger partial charge in [-0.15, -0.1) is 0 Å². The van der Waals surface area contributed by atoms with E-state index in [1.165, 1.54) is 5.56 Å². The average molecular weight is 381 g/mol. The molecule has 4 rings (SSSR count). The molecule has 1 atom stereocenters. The number of nitrogens with zero attached hydrogens (tertiary/aromatic N) is 1. The average Bonchev–Trinajstić information content (AvgIpc) is 2.70. The van der Waals surface area contributed by atoms with Gasteiger partial charge in [-0.25, -0.2) is 0 Å². The zero-order valence-electron chi connectivity index (χ0n) is 15.9. The van der Waals surface area contributed by atoms with Crippen molar-refractivity contribution in [2.45, 2.75) is 32.3 Å². The highest BCUT2D eigenvalue weighted by atomic mass is 32.2. The third-order valence-electron chi connectivity index (χ3n) is 5.24. The molecule has 0 saturated heterocycles. The molecule has 27 heavy (non-hydrogen) atoms. The molecule has 1 aromatic heterocycles. The Bertz CT molecular complexity index is 1060. The maximum atomic E-state index is 12.6. The molecule has 140 valence electrons. The summed E-state index contributed by atoms with van der Waals surface area (Å²) in [6.45, 7) is 2.17. The highest BCUT2D eigenvalue weighted by molar-refractivity contribution is 7.99. The third kappa shape index (κ3) is 3.21. The SMILES string of the molecule is CCC1CCc2cc(NSC)cc(-c3cn(C)c(=O)c4ccccc34)c2O1. The summed E-state index contributed by atoms with van der Waals surface area (Å²) in [6.07, 6.45) is 7.24. The van der Waals surface area contributed by atoms with Crippen molar-refractivity contribution in [3.63, 3.8) is 0 Å². The number of anilines is 1. The number of aromatic nitrogens is 1. The monoisotopic (exact) mass is 380 g/mol. The van der Waals surface area contributed by atoms with Gasteiger partial charge in [-0.1, -0.05) is 37.1 Å². The lowest BCUT2D eigenvalue weighted by atomic mass is 9.93. The molecule has 1 aliphatic rings. The van der Waals surface area contributed by atoms with Crippen LogP contribution in [0, 0.1) is 0 Å². The Labute approximate surface area is 163 Å². The van der Waals surface area contributed by atoms with Gasteiger partial charge in [-0.2, -0.15) is 0 Å². The van der Waals surface area contributed by atoms with Gasteiger partial charge in [0.2, 0.25) is 0 Å². The smallest absolute Gasteiger partial charge is 0.258 e. The molecule has 0 saturated carbocycles. The van der Waals surface area contributed by atoms with Crippen molar-refractivity contribution < 1.29 is 4.74 Å². The first-order chi connectivity index (χ1) is 13.1. The van der Waals surface area contributed by atoms with Crippen molar-refractivity contribution in [1.82, 2.24) is 4.57 Å². The number of hydrogen-bond acceptors (Lipinski definition) is 4. The summed E-state index contributed by atoms with van der Waals surface area (Å²) in [4.78, 5) is 12.6. The normalized spacial score (nSPS) is 16.0. The molecule has 2 heterocycles. The summed E-state index contributed by atoms with van der Waals surface area (Å²) >= 11 is 1.58.